The maximum Gasteiger partial charge on any atom is 0.129 e. The van der Waals surface area contributed by atoms with Gasteiger partial charge in [-0.15, -0.1) is 0 Å². The Morgan fingerprint density at radius 3 is 2.67 bits per heavy atom. The van der Waals surface area contributed by atoms with Crippen molar-refractivity contribution in [2.75, 3.05) is 13.2 Å². The molecule has 30 heavy (non-hydrogen) atoms. The van der Waals surface area contributed by atoms with Gasteiger partial charge in [0, 0.05) is 37.5 Å². The molecule has 4 rings (SSSR count). The molecule has 0 spiro atoms. The van der Waals surface area contributed by atoms with Crippen LogP contribution < -0.4 is 11.1 Å². The summed E-state index contributed by atoms with van der Waals surface area (Å²) in [6.45, 7) is 6.67. The molecule has 3 aromatic rings. The number of hydrogen-bond donors (Lipinski definition) is 2. The molecule has 0 saturated carbocycles. The van der Waals surface area contributed by atoms with Gasteiger partial charge in [0.15, 0.2) is 0 Å². The van der Waals surface area contributed by atoms with Crippen molar-refractivity contribution in [3.05, 3.63) is 47.7 Å². The number of aryl methyl sites for hydroxylation is 1. The molecule has 3 N–H and O–H groups in total. The minimum Gasteiger partial charge on any atom is -0.401 e. The fraction of sp³-hybridized carbons (Fsp3) is 0.435. The van der Waals surface area contributed by atoms with E-state index in [-0.39, 0.29) is 0 Å². The summed E-state index contributed by atoms with van der Waals surface area (Å²) in [5, 5.41) is 13.3. The molecule has 1 aliphatic rings. The Morgan fingerprint density at radius 2 is 2.07 bits per heavy atom. The van der Waals surface area contributed by atoms with E-state index in [1.807, 2.05) is 43.8 Å². The third-order valence-corrected chi connectivity index (χ3v) is 5.19. The fourth-order valence-electron chi connectivity index (χ4n) is 3.29. The molecule has 3 heterocycles. The smallest absolute Gasteiger partial charge is 0.129 e. The van der Waals surface area contributed by atoms with Crippen LogP contribution in [0.15, 0.2) is 36.3 Å². The van der Waals surface area contributed by atoms with E-state index >= 15 is 0 Å². The lowest BCUT2D eigenvalue weighted by atomic mass is 10.1. The molecule has 1 aromatic carbocycles. The molecule has 7 nitrogen and oxygen atoms in total. The first-order chi connectivity index (χ1) is 14.5. The quantitative estimate of drug-likeness (QED) is 0.685. The summed E-state index contributed by atoms with van der Waals surface area (Å²) in [5.74, 6) is 1.19. The van der Waals surface area contributed by atoms with Gasteiger partial charge in [-0.3, -0.25) is 4.98 Å². The second kappa shape index (κ2) is 10.1. The Labute approximate surface area is 177 Å². The third-order valence-electron chi connectivity index (χ3n) is 5.19. The summed E-state index contributed by atoms with van der Waals surface area (Å²) >= 11 is 0. The molecule has 0 aliphatic carbocycles. The normalized spacial score (nSPS) is 14.4. The molecule has 0 atom stereocenters. The highest BCUT2D eigenvalue weighted by atomic mass is 16.5. The van der Waals surface area contributed by atoms with Crippen LogP contribution in [-0.4, -0.2) is 27.7 Å². The number of fused-ring (bicyclic) bond motifs is 3. The van der Waals surface area contributed by atoms with Gasteiger partial charge in [0.2, 0.25) is 0 Å². The molecular formula is C23H30N6O. The summed E-state index contributed by atoms with van der Waals surface area (Å²) in [6.07, 6.45) is 7.53. The zero-order valence-electron chi connectivity index (χ0n) is 18.0. The molecule has 0 unspecified atom stereocenters. The summed E-state index contributed by atoms with van der Waals surface area (Å²) in [4.78, 5) is 9.08. The van der Waals surface area contributed by atoms with Crippen molar-refractivity contribution in [3.8, 4) is 6.07 Å². The van der Waals surface area contributed by atoms with Gasteiger partial charge in [0.05, 0.1) is 35.4 Å². The van der Waals surface area contributed by atoms with E-state index in [0.717, 1.165) is 46.7 Å². The van der Waals surface area contributed by atoms with Crippen molar-refractivity contribution >= 4 is 21.9 Å². The number of imidazole rings is 1. The van der Waals surface area contributed by atoms with Crippen LogP contribution in [0.5, 0.6) is 0 Å². The predicted molar refractivity (Wildman–Crippen MR) is 119 cm³/mol. The van der Waals surface area contributed by atoms with E-state index in [1.54, 1.807) is 12.3 Å². The average molecular weight is 407 g/mol. The summed E-state index contributed by atoms with van der Waals surface area (Å²) in [5.41, 5.74) is 10.0. The van der Waals surface area contributed by atoms with E-state index in [2.05, 4.69) is 21.4 Å². The topological polar surface area (TPSA) is 102 Å². The minimum atomic E-state index is 0.301. The number of aromatic nitrogens is 3. The molecule has 0 radical (unpaired) electrons. The first kappa shape index (κ1) is 21.6. The van der Waals surface area contributed by atoms with Crippen LogP contribution in [0.3, 0.4) is 0 Å². The highest BCUT2D eigenvalue weighted by Crippen LogP contribution is 2.24. The SMILES string of the molecule is C1CCOCC1.CC(C)/C(N)=C/NCc1nc2cnc3ccc(C#N)cc3c2n1C. The highest BCUT2D eigenvalue weighted by Gasteiger charge is 2.12. The molecule has 7 heteroatoms. The molecule has 1 fully saturated rings. The van der Waals surface area contributed by atoms with Crippen molar-refractivity contribution in [2.24, 2.45) is 18.7 Å². The largest absolute Gasteiger partial charge is 0.401 e. The number of nitrogens with two attached hydrogens (primary N) is 1. The van der Waals surface area contributed by atoms with Gasteiger partial charge in [-0.1, -0.05) is 13.8 Å². The van der Waals surface area contributed by atoms with Crippen molar-refractivity contribution in [3.63, 3.8) is 0 Å². The first-order valence-corrected chi connectivity index (χ1v) is 10.4. The van der Waals surface area contributed by atoms with Crippen molar-refractivity contribution in [1.29, 1.82) is 5.26 Å². The van der Waals surface area contributed by atoms with Gasteiger partial charge < -0.3 is 20.4 Å². The summed E-state index contributed by atoms with van der Waals surface area (Å²) in [6, 6.07) is 7.68. The van der Waals surface area contributed by atoms with Crippen molar-refractivity contribution in [2.45, 2.75) is 39.7 Å². The number of ether oxygens (including phenoxy) is 1. The Kier molecular flexibility index (Phi) is 7.26. The number of nitriles is 1. The summed E-state index contributed by atoms with van der Waals surface area (Å²) < 4.78 is 7.10. The number of nitrogens with one attached hydrogen (secondary N) is 1. The molecule has 1 aliphatic heterocycles. The molecule has 1 saturated heterocycles. The number of rotatable bonds is 4. The van der Waals surface area contributed by atoms with Crippen molar-refractivity contribution < 1.29 is 4.74 Å². The van der Waals surface area contributed by atoms with Crippen LogP contribution in [0, 0.1) is 17.2 Å². The van der Waals surface area contributed by atoms with Gasteiger partial charge in [-0.05, 0) is 43.4 Å². The number of hydrogen-bond acceptors (Lipinski definition) is 6. The van der Waals surface area contributed by atoms with E-state index in [0.29, 0.717) is 18.0 Å². The highest BCUT2D eigenvalue weighted by molar-refractivity contribution is 6.02. The monoisotopic (exact) mass is 406 g/mol. The number of allylic oxidation sites excluding steroid dienone is 1. The average Bonchev–Trinajstić information content (AvgIpc) is 3.10. The second-order valence-corrected chi connectivity index (χ2v) is 7.78. The van der Waals surface area contributed by atoms with Crippen LogP contribution in [-0.2, 0) is 18.3 Å². The number of benzene rings is 1. The van der Waals surface area contributed by atoms with Crippen LogP contribution in [0.25, 0.3) is 21.9 Å². The van der Waals surface area contributed by atoms with Crippen LogP contribution in [0.1, 0.15) is 44.5 Å². The van der Waals surface area contributed by atoms with Gasteiger partial charge >= 0.3 is 0 Å². The van der Waals surface area contributed by atoms with Gasteiger partial charge in [0.25, 0.3) is 0 Å². The second-order valence-electron chi connectivity index (χ2n) is 7.78. The maximum atomic E-state index is 9.14. The Bertz CT molecular complexity index is 1060. The lowest BCUT2D eigenvalue weighted by Crippen LogP contribution is -2.15. The van der Waals surface area contributed by atoms with E-state index in [4.69, 9.17) is 15.7 Å². The number of pyridine rings is 1. The van der Waals surface area contributed by atoms with Gasteiger partial charge in [0.1, 0.15) is 11.3 Å². The molecule has 0 bridgehead atoms. The van der Waals surface area contributed by atoms with E-state index in [9.17, 15) is 0 Å². The van der Waals surface area contributed by atoms with E-state index < -0.39 is 0 Å². The standard InChI is InChI=1S/C18H20N6.C5H10O/c1-11(2)14(20)8-21-10-17-23-16-9-22-15-5-4-12(7-19)6-13(15)18(16)24(17)3;1-2-4-6-5-3-1/h4-6,8-9,11,21H,10,20H2,1-3H3;1-5H2/b14-8-;. The lowest BCUT2D eigenvalue weighted by Gasteiger charge is -2.08. The first-order valence-electron chi connectivity index (χ1n) is 10.4. The Balaban J connectivity index is 0.000000367. The van der Waals surface area contributed by atoms with Crippen LogP contribution in [0.2, 0.25) is 0 Å². The van der Waals surface area contributed by atoms with Gasteiger partial charge in [-0.25, -0.2) is 4.98 Å². The number of nitrogens with zero attached hydrogens (tertiary/aromatic N) is 4. The Morgan fingerprint density at radius 1 is 1.30 bits per heavy atom. The predicted octanol–water partition coefficient (Wildman–Crippen LogP) is 3.73. The zero-order chi connectivity index (χ0) is 21.5. The third kappa shape index (κ3) is 5.08. The molecular weight excluding hydrogens is 376 g/mol. The fourth-order valence-corrected chi connectivity index (χ4v) is 3.29. The Hall–Kier alpha value is -3.11. The summed E-state index contributed by atoms with van der Waals surface area (Å²) in [7, 11) is 1.97. The lowest BCUT2D eigenvalue weighted by molar-refractivity contribution is 0.0968. The molecule has 2 aromatic heterocycles. The maximum absolute atomic E-state index is 9.14. The van der Waals surface area contributed by atoms with Crippen LogP contribution in [0.4, 0.5) is 0 Å². The molecule has 158 valence electrons. The van der Waals surface area contributed by atoms with Gasteiger partial charge in [-0.2, -0.15) is 5.26 Å². The minimum absolute atomic E-state index is 0.301. The van der Waals surface area contributed by atoms with E-state index in [1.165, 1.54) is 19.3 Å². The van der Waals surface area contributed by atoms with Crippen LogP contribution >= 0.6 is 0 Å². The van der Waals surface area contributed by atoms with Crippen molar-refractivity contribution in [1.82, 2.24) is 19.9 Å². The zero-order valence-corrected chi connectivity index (χ0v) is 18.0. The molecule has 0 amide bonds.